The zero-order chi connectivity index (χ0) is 19.0. The maximum Gasteiger partial charge on any atom is 0.266 e. The van der Waals surface area contributed by atoms with Crippen LogP contribution in [0.2, 0.25) is 0 Å². The molecule has 0 bridgehead atoms. The summed E-state index contributed by atoms with van der Waals surface area (Å²) in [5.41, 5.74) is 2.59. The van der Waals surface area contributed by atoms with Gasteiger partial charge in [0.15, 0.2) is 0 Å². The summed E-state index contributed by atoms with van der Waals surface area (Å²) in [6.07, 6.45) is 1.56. The van der Waals surface area contributed by atoms with Crippen molar-refractivity contribution in [2.75, 3.05) is 31.1 Å². The minimum atomic E-state index is -0.0942. The molecule has 4 rings (SSSR count). The first-order valence-corrected chi connectivity index (χ1v) is 8.97. The summed E-state index contributed by atoms with van der Waals surface area (Å²) in [4.78, 5) is 32.6. The molecule has 0 unspecified atom stereocenters. The highest BCUT2D eigenvalue weighted by Crippen LogP contribution is 2.20. The van der Waals surface area contributed by atoms with Crippen LogP contribution >= 0.6 is 0 Å². The molecule has 27 heavy (non-hydrogen) atoms. The van der Waals surface area contributed by atoms with Gasteiger partial charge in [0, 0.05) is 58.6 Å². The Morgan fingerprint density at radius 2 is 1.78 bits per heavy atom. The third kappa shape index (κ3) is 3.48. The fourth-order valence-corrected chi connectivity index (χ4v) is 3.42. The molecule has 3 aromatic rings. The van der Waals surface area contributed by atoms with Crippen LogP contribution in [0.15, 0.2) is 46.2 Å². The SMILES string of the molecule is Cn1cnc2cc(N3CCN(Cc4ccc(=O)n(C)n4)CC3)ccc2c1=O. The molecule has 0 N–H and O–H groups in total. The van der Waals surface area contributed by atoms with Crippen molar-refractivity contribution in [3.05, 3.63) is 63.1 Å². The third-order valence-electron chi connectivity index (χ3n) is 5.04. The second kappa shape index (κ2) is 6.96. The minimum Gasteiger partial charge on any atom is -0.369 e. The van der Waals surface area contributed by atoms with Gasteiger partial charge in [-0.3, -0.25) is 14.5 Å². The van der Waals surface area contributed by atoms with Crippen molar-refractivity contribution in [3.8, 4) is 0 Å². The molecule has 0 saturated carbocycles. The molecule has 0 aliphatic carbocycles. The average molecular weight is 366 g/mol. The number of aryl methyl sites for hydroxylation is 2. The number of hydrogen-bond donors (Lipinski definition) is 0. The lowest BCUT2D eigenvalue weighted by atomic mass is 10.2. The molecule has 2 aromatic heterocycles. The Labute approximate surface area is 156 Å². The van der Waals surface area contributed by atoms with Crippen molar-refractivity contribution < 1.29 is 0 Å². The van der Waals surface area contributed by atoms with Gasteiger partial charge in [0.25, 0.3) is 11.1 Å². The lowest BCUT2D eigenvalue weighted by Gasteiger charge is -2.36. The molecule has 0 radical (unpaired) electrons. The van der Waals surface area contributed by atoms with E-state index >= 15 is 0 Å². The topological polar surface area (TPSA) is 76.3 Å². The van der Waals surface area contributed by atoms with Crippen LogP contribution in [-0.2, 0) is 20.6 Å². The lowest BCUT2D eigenvalue weighted by molar-refractivity contribution is 0.245. The van der Waals surface area contributed by atoms with Gasteiger partial charge in [-0.1, -0.05) is 0 Å². The predicted octanol–water partition coefficient (Wildman–Crippen LogP) is 0.349. The van der Waals surface area contributed by atoms with Crippen LogP contribution in [0.1, 0.15) is 5.69 Å². The Bertz CT molecular complexity index is 1100. The predicted molar refractivity (Wildman–Crippen MR) is 104 cm³/mol. The van der Waals surface area contributed by atoms with Crippen LogP contribution in [0.25, 0.3) is 10.9 Å². The molecule has 0 atom stereocenters. The Balaban J connectivity index is 1.45. The number of fused-ring (bicyclic) bond motifs is 1. The second-order valence-electron chi connectivity index (χ2n) is 6.91. The van der Waals surface area contributed by atoms with Gasteiger partial charge >= 0.3 is 0 Å². The van der Waals surface area contributed by atoms with Gasteiger partial charge in [0.05, 0.1) is 22.9 Å². The van der Waals surface area contributed by atoms with E-state index in [0.29, 0.717) is 5.39 Å². The zero-order valence-electron chi connectivity index (χ0n) is 15.5. The van der Waals surface area contributed by atoms with Gasteiger partial charge in [-0.25, -0.2) is 9.67 Å². The summed E-state index contributed by atoms with van der Waals surface area (Å²) >= 11 is 0. The summed E-state index contributed by atoms with van der Waals surface area (Å²) in [6.45, 7) is 4.33. The number of nitrogens with zero attached hydrogens (tertiary/aromatic N) is 6. The van der Waals surface area contributed by atoms with Crippen LogP contribution in [-0.4, -0.2) is 50.4 Å². The van der Waals surface area contributed by atoms with Crippen molar-refractivity contribution in [2.24, 2.45) is 14.1 Å². The molecule has 0 amide bonds. The van der Waals surface area contributed by atoms with Crippen molar-refractivity contribution in [1.82, 2.24) is 24.2 Å². The first-order chi connectivity index (χ1) is 13.0. The van der Waals surface area contributed by atoms with Crippen LogP contribution in [0.4, 0.5) is 5.69 Å². The highest BCUT2D eigenvalue weighted by Gasteiger charge is 2.18. The molecule has 3 heterocycles. The second-order valence-corrected chi connectivity index (χ2v) is 6.91. The molecule has 1 aliphatic heterocycles. The quantitative estimate of drug-likeness (QED) is 0.666. The number of hydrogen-bond acceptors (Lipinski definition) is 6. The third-order valence-corrected chi connectivity index (χ3v) is 5.04. The first kappa shape index (κ1) is 17.4. The molecule has 0 spiro atoms. The van der Waals surface area contributed by atoms with E-state index in [1.54, 1.807) is 32.6 Å². The molecule has 8 heteroatoms. The summed E-state index contributed by atoms with van der Waals surface area (Å²) in [7, 11) is 3.38. The fraction of sp³-hybridized carbons (Fsp3) is 0.368. The minimum absolute atomic E-state index is 0.0267. The van der Waals surface area contributed by atoms with Crippen LogP contribution in [0.5, 0.6) is 0 Å². The van der Waals surface area contributed by atoms with Crippen molar-refractivity contribution in [1.29, 1.82) is 0 Å². The Morgan fingerprint density at radius 3 is 2.52 bits per heavy atom. The smallest absolute Gasteiger partial charge is 0.266 e. The van der Waals surface area contributed by atoms with E-state index in [-0.39, 0.29) is 11.1 Å². The van der Waals surface area contributed by atoms with E-state index in [2.05, 4.69) is 19.9 Å². The number of benzene rings is 1. The molecule has 1 aliphatic rings. The number of rotatable bonds is 3. The normalized spacial score (nSPS) is 15.4. The van der Waals surface area contributed by atoms with Gasteiger partial charge in [0.1, 0.15) is 0 Å². The molecule has 140 valence electrons. The first-order valence-electron chi connectivity index (χ1n) is 8.97. The fourth-order valence-electron chi connectivity index (χ4n) is 3.42. The molecular weight excluding hydrogens is 344 g/mol. The molecule has 1 aromatic carbocycles. The van der Waals surface area contributed by atoms with Crippen LogP contribution < -0.4 is 16.0 Å². The maximum atomic E-state index is 12.2. The van der Waals surface area contributed by atoms with E-state index in [4.69, 9.17) is 0 Å². The van der Waals surface area contributed by atoms with Crippen molar-refractivity contribution in [2.45, 2.75) is 6.54 Å². The van der Waals surface area contributed by atoms with E-state index in [1.165, 1.54) is 9.25 Å². The Hall–Kier alpha value is -3.00. The molecule has 8 nitrogen and oxygen atoms in total. The van der Waals surface area contributed by atoms with Crippen LogP contribution in [0.3, 0.4) is 0 Å². The van der Waals surface area contributed by atoms with Gasteiger partial charge in [-0.15, -0.1) is 0 Å². The zero-order valence-corrected chi connectivity index (χ0v) is 15.5. The summed E-state index contributed by atoms with van der Waals surface area (Å²) in [6, 6.07) is 9.20. The summed E-state index contributed by atoms with van der Waals surface area (Å²) in [5, 5.41) is 4.94. The maximum absolute atomic E-state index is 12.2. The van der Waals surface area contributed by atoms with E-state index in [0.717, 1.165) is 49.6 Å². The van der Waals surface area contributed by atoms with Gasteiger partial charge < -0.3 is 9.47 Å². The number of anilines is 1. The van der Waals surface area contributed by atoms with Crippen LogP contribution in [0, 0.1) is 0 Å². The van der Waals surface area contributed by atoms with Gasteiger partial charge in [-0.05, 0) is 24.3 Å². The van der Waals surface area contributed by atoms with Crippen molar-refractivity contribution in [3.63, 3.8) is 0 Å². The van der Waals surface area contributed by atoms with E-state index in [1.807, 2.05) is 18.2 Å². The number of piperazine rings is 1. The standard InChI is InChI=1S/C19H22N6O2/c1-22-13-20-17-11-15(4-5-16(17)19(22)27)25-9-7-24(8-10-25)12-14-3-6-18(26)23(2)21-14/h3-6,11,13H,7-10,12H2,1-2H3. The van der Waals surface area contributed by atoms with E-state index < -0.39 is 0 Å². The Morgan fingerprint density at radius 1 is 1.00 bits per heavy atom. The highest BCUT2D eigenvalue weighted by molar-refractivity contribution is 5.81. The highest BCUT2D eigenvalue weighted by atomic mass is 16.1. The Kier molecular flexibility index (Phi) is 4.49. The largest absolute Gasteiger partial charge is 0.369 e. The average Bonchev–Trinajstić information content (AvgIpc) is 2.68. The summed E-state index contributed by atoms with van der Waals surface area (Å²) in [5.74, 6) is 0. The van der Waals surface area contributed by atoms with Crippen molar-refractivity contribution >= 4 is 16.6 Å². The monoisotopic (exact) mass is 366 g/mol. The van der Waals surface area contributed by atoms with Gasteiger partial charge in [0.2, 0.25) is 0 Å². The molecular formula is C19H22N6O2. The molecule has 1 fully saturated rings. The summed E-state index contributed by atoms with van der Waals surface area (Å²) < 4.78 is 2.87. The van der Waals surface area contributed by atoms with Gasteiger partial charge in [-0.2, -0.15) is 5.10 Å². The van der Waals surface area contributed by atoms with E-state index in [9.17, 15) is 9.59 Å². The molecule has 1 saturated heterocycles. The lowest BCUT2D eigenvalue weighted by Crippen LogP contribution is -2.46. The number of aromatic nitrogens is 4.